The van der Waals surface area contributed by atoms with Gasteiger partial charge in [0.05, 0.1) is 13.2 Å². The van der Waals surface area contributed by atoms with E-state index in [-0.39, 0.29) is 6.79 Å². The minimum Gasteiger partial charge on any atom is -0.467 e. The number of ether oxygens (including phenoxy) is 3. The van der Waals surface area contributed by atoms with E-state index >= 15 is 0 Å². The Morgan fingerprint density at radius 3 is 2.67 bits per heavy atom. The molecule has 1 rings (SSSR count). The molecular weight excluding hydrogens is 232 g/mol. The van der Waals surface area contributed by atoms with Gasteiger partial charge >= 0.3 is 0 Å². The normalized spacial score (nSPS) is 10.4. The average Bonchev–Trinajstić information content (AvgIpc) is 2.38. The number of aldehydes is 1. The molecule has 0 aliphatic rings. The van der Waals surface area contributed by atoms with Crippen molar-refractivity contribution >= 4 is 6.29 Å². The number of hydrogen-bond acceptors (Lipinski definition) is 4. The third-order valence-corrected chi connectivity index (χ3v) is 2.69. The van der Waals surface area contributed by atoms with E-state index in [4.69, 9.17) is 14.2 Å². The van der Waals surface area contributed by atoms with Gasteiger partial charge in [0.2, 0.25) is 0 Å². The highest BCUT2D eigenvalue weighted by molar-refractivity contribution is 5.78. The van der Waals surface area contributed by atoms with Crippen LogP contribution in [0.2, 0.25) is 0 Å². The first-order chi connectivity index (χ1) is 8.72. The molecule has 0 amide bonds. The second-order valence-electron chi connectivity index (χ2n) is 3.95. The highest BCUT2D eigenvalue weighted by atomic mass is 16.7. The summed E-state index contributed by atoms with van der Waals surface area (Å²) in [7, 11) is 1.63. The van der Waals surface area contributed by atoms with E-state index < -0.39 is 0 Å². The van der Waals surface area contributed by atoms with E-state index in [0.29, 0.717) is 18.8 Å². The number of aryl methyl sites for hydroxylation is 2. The Morgan fingerprint density at radius 1 is 1.28 bits per heavy atom. The fraction of sp³-hybridized carbons (Fsp3) is 0.500. The largest absolute Gasteiger partial charge is 0.467 e. The Kier molecular flexibility index (Phi) is 6.39. The lowest BCUT2D eigenvalue weighted by molar-refractivity contribution is -0.00886. The van der Waals surface area contributed by atoms with Crippen molar-refractivity contribution < 1.29 is 19.0 Å². The third-order valence-electron chi connectivity index (χ3n) is 2.69. The minimum atomic E-state index is 0.191. The molecule has 0 radical (unpaired) electrons. The van der Waals surface area contributed by atoms with Crippen LogP contribution in [-0.2, 0) is 15.9 Å². The SMILES string of the molecule is CCc1cc(C=O)c(C)cc1OCOCCOC. The molecule has 0 aliphatic carbocycles. The van der Waals surface area contributed by atoms with Gasteiger partial charge in [0.25, 0.3) is 0 Å². The molecule has 100 valence electrons. The fourth-order valence-electron chi connectivity index (χ4n) is 1.59. The van der Waals surface area contributed by atoms with Gasteiger partial charge in [-0.3, -0.25) is 4.79 Å². The quantitative estimate of drug-likeness (QED) is 0.405. The Bertz CT molecular complexity index is 388. The number of rotatable bonds is 8. The summed E-state index contributed by atoms with van der Waals surface area (Å²) in [5.41, 5.74) is 2.63. The molecule has 4 nitrogen and oxygen atoms in total. The lowest BCUT2D eigenvalue weighted by Crippen LogP contribution is -2.09. The zero-order valence-electron chi connectivity index (χ0n) is 11.2. The zero-order chi connectivity index (χ0) is 13.4. The predicted octanol–water partition coefficient (Wildman–Crippen LogP) is 2.37. The van der Waals surface area contributed by atoms with Gasteiger partial charge in [-0.1, -0.05) is 6.92 Å². The molecular formula is C14H20O4. The molecule has 0 bridgehead atoms. The number of carbonyl (C=O) groups is 1. The number of hydrogen-bond donors (Lipinski definition) is 0. The third kappa shape index (κ3) is 4.13. The standard InChI is InChI=1S/C14H20O4/c1-4-12-8-13(9-15)11(2)7-14(12)18-10-17-6-5-16-3/h7-9H,4-6,10H2,1-3H3. The molecule has 0 aliphatic heterocycles. The molecule has 0 fully saturated rings. The van der Waals surface area contributed by atoms with Gasteiger partial charge in [-0.15, -0.1) is 0 Å². The van der Waals surface area contributed by atoms with Crippen molar-refractivity contribution in [3.8, 4) is 5.75 Å². The van der Waals surface area contributed by atoms with Crippen LogP contribution in [0.5, 0.6) is 5.75 Å². The van der Waals surface area contributed by atoms with Crippen LogP contribution in [0.1, 0.15) is 28.4 Å². The smallest absolute Gasteiger partial charge is 0.189 e. The van der Waals surface area contributed by atoms with Crippen LogP contribution in [0.25, 0.3) is 0 Å². The van der Waals surface area contributed by atoms with E-state index in [1.54, 1.807) is 7.11 Å². The van der Waals surface area contributed by atoms with Crippen LogP contribution in [0, 0.1) is 6.92 Å². The van der Waals surface area contributed by atoms with Crippen molar-refractivity contribution in [1.82, 2.24) is 0 Å². The number of methoxy groups -OCH3 is 1. The van der Waals surface area contributed by atoms with E-state index in [0.717, 1.165) is 29.6 Å². The van der Waals surface area contributed by atoms with Gasteiger partial charge in [-0.25, -0.2) is 0 Å². The summed E-state index contributed by atoms with van der Waals surface area (Å²) >= 11 is 0. The predicted molar refractivity (Wildman–Crippen MR) is 69.3 cm³/mol. The van der Waals surface area contributed by atoms with Crippen molar-refractivity contribution in [2.45, 2.75) is 20.3 Å². The van der Waals surface area contributed by atoms with Crippen LogP contribution in [0.15, 0.2) is 12.1 Å². The van der Waals surface area contributed by atoms with Crippen molar-refractivity contribution in [2.75, 3.05) is 27.1 Å². The van der Waals surface area contributed by atoms with Crippen LogP contribution in [-0.4, -0.2) is 33.4 Å². The second kappa shape index (κ2) is 7.84. The topological polar surface area (TPSA) is 44.8 Å². The number of benzene rings is 1. The molecule has 0 aromatic heterocycles. The molecule has 0 saturated heterocycles. The molecule has 0 saturated carbocycles. The average molecular weight is 252 g/mol. The summed E-state index contributed by atoms with van der Waals surface area (Å²) in [6.45, 7) is 5.16. The van der Waals surface area contributed by atoms with Gasteiger partial charge < -0.3 is 14.2 Å². The van der Waals surface area contributed by atoms with E-state index in [1.807, 2.05) is 26.0 Å². The molecule has 1 aromatic carbocycles. The van der Waals surface area contributed by atoms with Crippen LogP contribution < -0.4 is 4.74 Å². The van der Waals surface area contributed by atoms with E-state index in [2.05, 4.69) is 0 Å². The van der Waals surface area contributed by atoms with Crippen molar-refractivity contribution in [3.05, 3.63) is 28.8 Å². The Hall–Kier alpha value is -1.39. The number of carbonyl (C=O) groups excluding carboxylic acids is 1. The van der Waals surface area contributed by atoms with Crippen molar-refractivity contribution in [1.29, 1.82) is 0 Å². The molecule has 0 unspecified atom stereocenters. The molecule has 0 heterocycles. The Morgan fingerprint density at radius 2 is 2.06 bits per heavy atom. The van der Waals surface area contributed by atoms with Gasteiger partial charge in [0.15, 0.2) is 6.79 Å². The molecule has 18 heavy (non-hydrogen) atoms. The van der Waals surface area contributed by atoms with Gasteiger partial charge in [0, 0.05) is 12.7 Å². The fourth-order valence-corrected chi connectivity index (χ4v) is 1.59. The van der Waals surface area contributed by atoms with Crippen LogP contribution in [0.3, 0.4) is 0 Å². The first kappa shape index (κ1) is 14.7. The monoisotopic (exact) mass is 252 g/mol. The Labute approximate surface area is 108 Å². The highest BCUT2D eigenvalue weighted by Crippen LogP contribution is 2.23. The lowest BCUT2D eigenvalue weighted by Gasteiger charge is -2.12. The summed E-state index contributed by atoms with van der Waals surface area (Å²) in [4.78, 5) is 10.9. The van der Waals surface area contributed by atoms with Gasteiger partial charge in [0.1, 0.15) is 12.0 Å². The maximum atomic E-state index is 10.9. The maximum Gasteiger partial charge on any atom is 0.189 e. The van der Waals surface area contributed by atoms with E-state index in [9.17, 15) is 4.79 Å². The maximum absolute atomic E-state index is 10.9. The summed E-state index contributed by atoms with van der Waals surface area (Å²) < 4.78 is 15.7. The first-order valence-corrected chi connectivity index (χ1v) is 6.01. The molecule has 0 N–H and O–H groups in total. The lowest BCUT2D eigenvalue weighted by atomic mass is 10.0. The first-order valence-electron chi connectivity index (χ1n) is 6.01. The van der Waals surface area contributed by atoms with Crippen LogP contribution >= 0.6 is 0 Å². The molecule has 4 heteroatoms. The molecule has 0 atom stereocenters. The van der Waals surface area contributed by atoms with Crippen molar-refractivity contribution in [3.63, 3.8) is 0 Å². The second-order valence-corrected chi connectivity index (χ2v) is 3.95. The summed E-state index contributed by atoms with van der Waals surface area (Å²) in [6, 6.07) is 3.75. The highest BCUT2D eigenvalue weighted by Gasteiger charge is 2.07. The van der Waals surface area contributed by atoms with Gasteiger partial charge in [-0.05, 0) is 36.6 Å². The summed E-state index contributed by atoms with van der Waals surface area (Å²) in [5.74, 6) is 0.776. The minimum absolute atomic E-state index is 0.191. The summed E-state index contributed by atoms with van der Waals surface area (Å²) in [5, 5.41) is 0. The Balaban J connectivity index is 2.64. The van der Waals surface area contributed by atoms with Crippen LogP contribution in [0.4, 0.5) is 0 Å². The summed E-state index contributed by atoms with van der Waals surface area (Å²) in [6.07, 6.45) is 1.68. The van der Waals surface area contributed by atoms with E-state index in [1.165, 1.54) is 0 Å². The van der Waals surface area contributed by atoms with Crippen molar-refractivity contribution in [2.24, 2.45) is 0 Å². The van der Waals surface area contributed by atoms with Gasteiger partial charge in [-0.2, -0.15) is 0 Å². The molecule has 0 spiro atoms. The molecule has 1 aromatic rings. The zero-order valence-corrected chi connectivity index (χ0v) is 11.2.